The zero-order chi connectivity index (χ0) is 15.0. The number of nitrogens with two attached hydrogens (primary N) is 1. The molecule has 5 nitrogen and oxygen atoms in total. The summed E-state index contributed by atoms with van der Waals surface area (Å²) in [6.07, 6.45) is 2.98. The van der Waals surface area contributed by atoms with E-state index >= 15 is 0 Å². The Labute approximate surface area is 129 Å². The molecule has 1 aliphatic carbocycles. The van der Waals surface area contributed by atoms with Gasteiger partial charge >= 0.3 is 0 Å². The molecule has 1 aliphatic heterocycles. The van der Waals surface area contributed by atoms with Gasteiger partial charge in [-0.3, -0.25) is 0 Å². The van der Waals surface area contributed by atoms with Crippen LogP contribution in [0.4, 0.5) is 0 Å². The lowest BCUT2D eigenvalue weighted by Crippen LogP contribution is -2.41. The molecule has 1 aromatic carbocycles. The first-order valence-electron chi connectivity index (χ1n) is 7.01. The SMILES string of the molecule is NC(=S)c1cccc(S(=O)(=O)NC2CCOC2C2CC2)c1. The molecule has 114 valence electrons. The maximum Gasteiger partial charge on any atom is 0.240 e. The van der Waals surface area contributed by atoms with Crippen molar-refractivity contribution in [2.75, 3.05) is 6.61 Å². The molecule has 0 bridgehead atoms. The van der Waals surface area contributed by atoms with Gasteiger partial charge in [0, 0.05) is 12.2 Å². The largest absolute Gasteiger partial charge is 0.389 e. The molecule has 2 aliphatic rings. The Balaban J connectivity index is 1.80. The Bertz CT molecular complexity index is 656. The van der Waals surface area contributed by atoms with Gasteiger partial charge in [0.25, 0.3) is 0 Å². The number of rotatable bonds is 5. The number of thiocarbonyl (C=S) groups is 1. The van der Waals surface area contributed by atoms with E-state index in [1.165, 1.54) is 6.07 Å². The van der Waals surface area contributed by atoms with Crippen LogP contribution in [0, 0.1) is 5.92 Å². The second kappa shape index (κ2) is 5.64. The summed E-state index contributed by atoms with van der Waals surface area (Å²) in [6, 6.07) is 6.26. The van der Waals surface area contributed by atoms with Crippen LogP contribution in [0.3, 0.4) is 0 Å². The molecule has 2 atom stereocenters. The highest BCUT2D eigenvalue weighted by atomic mass is 32.2. The monoisotopic (exact) mass is 326 g/mol. The molecule has 2 unspecified atom stereocenters. The van der Waals surface area contributed by atoms with Crippen molar-refractivity contribution in [3.8, 4) is 0 Å². The molecule has 0 amide bonds. The molecule has 1 heterocycles. The maximum atomic E-state index is 12.5. The van der Waals surface area contributed by atoms with E-state index in [4.69, 9.17) is 22.7 Å². The molecule has 1 saturated carbocycles. The van der Waals surface area contributed by atoms with Crippen LogP contribution in [0.25, 0.3) is 0 Å². The summed E-state index contributed by atoms with van der Waals surface area (Å²) in [6.45, 7) is 0.612. The number of sulfonamides is 1. The molecule has 0 radical (unpaired) electrons. The van der Waals surface area contributed by atoms with E-state index < -0.39 is 10.0 Å². The van der Waals surface area contributed by atoms with Crippen LogP contribution in [-0.2, 0) is 14.8 Å². The Morgan fingerprint density at radius 2 is 2.10 bits per heavy atom. The van der Waals surface area contributed by atoms with Crippen molar-refractivity contribution in [2.24, 2.45) is 11.7 Å². The third-order valence-electron chi connectivity index (χ3n) is 3.96. The average molecular weight is 326 g/mol. The minimum absolute atomic E-state index is 0.0125. The Morgan fingerprint density at radius 3 is 2.76 bits per heavy atom. The van der Waals surface area contributed by atoms with E-state index in [2.05, 4.69) is 4.72 Å². The predicted molar refractivity (Wildman–Crippen MR) is 83.5 cm³/mol. The molecular weight excluding hydrogens is 308 g/mol. The lowest BCUT2D eigenvalue weighted by Gasteiger charge is -2.19. The highest BCUT2D eigenvalue weighted by Crippen LogP contribution is 2.39. The number of hydrogen-bond donors (Lipinski definition) is 2. The summed E-state index contributed by atoms with van der Waals surface area (Å²) in [5.74, 6) is 0.503. The fourth-order valence-corrected chi connectivity index (χ4v) is 4.16. The van der Waals surface area contributed by atoms with Gasteiger partial charge in [0.05, 0.1) is 17.0 Å². The third kappa shape index (κ3) is 3.26. The quantitative estimate of drug-likeness (QED) is 0.794. The summed E-state index contributed by atoms with van der Waals surface area (Å²) in [4.78, 5) is 0.376. The van der Waals surface area contributed by atoms with Gasteiger partial charge in [-0.2, -0.15) is 0 Å². The van der Waals surface area contributed by atoms with Crippen LogP contribution in [0.2, 0.25) is 0 Å². The van der Waals surface area contributed by atoms with E-state index in [-0.39, 0.29) is 22.0 Å². The molecule has 0 aromatic heterocycles. The van der Waals surface area contributed by atoms with Crippen LogP contribution in [0.15, 0.2) is 29.2 Å². The van der Waals surface area contributed by atoms with Crippen molar-refractivity contribution in [3.63, 3.8) is 0 Å². The molecule has 1 aromatic rings. The van der Waals surface area contributed by atoms with E-state index in [0.717, 1.165) is 19.3 Å². The van der Waals surface area contributed by atoms with Crippen LogP contribution in [0.1, 0.15) is 24.8 Å². The van der Waals surface area contributed by atoms with E-state index in [1.54, 1.807) is 18.2 Å². The van der Waals surface area contributed by atoms with Crippen LogP contribution < -0.4 is 10.5 Å². The van der Waals surface area contributed by atoms with E-state index in [1.807, 2.05) is 0 Å². The second-order valence-corrected chi connectivity index (χ2v) is 7.74. The first-order valence-corrected chi connectivity index (χ1v) is 8.90. The van der Waals surface area contributed by atoms with Crippen molar-refractivity contribution < 1.29 is 13.2 Å². The lowest BCUT2D eigenvalue weighted by molar-refractivity contribution is 0.0848. The smallest absolute Gasteiger partial charge is 0.240 e. The number of ether oxygens (including phenoxy) is 1. The first kappa shape index (κ1) is 14.9. The zero-order valence-corrected chi connectivity index (χ0v) is 13.1. The van der Waals surface area contributed by atoms with Gasteiger partial charge in [0.15, 0.2) is 0 Å². The summed E-state index contributed by atoms with van der Waals surface area (Å²) >= 11 is 4.89. The summed E-state index contributed by atoms with van der Waals surface area (Å²) in [5, 5.41) is 0. The second-order valence-electron chi connectivity index (χ2n) is 5.58. The summed E-state index contributed by atoms with van der Waals surface area (Å²) in [5.41, 5.74) is 6.11. The normalized spacial score (nSPS) is 25.9. The molecular formula is C14H18N2O3S2. The third-order valence-corrected chi connectivity index (χ3v) is 5.68. The minimum Gasteiger partial charge on any atom is -0.389 e. The Kier molecular flexibility index (Phi) is 4.00. The standard InChI is InChI=1S/C14H18N2O3S2/c15-14(20)10-2-1-3-11(8-10)21(17,18)16-12-6-7-19-13(12)9-4-5-9/h1-3,8-9,12-13,16H,4-7H2,(H2,15,20). The van der Waals surface area contributed by atoms with Crippen LogP contribution in [-0.4, -0.2) is 32.2 Å². The summed E-state index contributed by atoms with van der Waals surface area (Å²) in [7, 11) is -3.58. The van der Waals surface area contributed by atoms with Gasteiger partial charge in [-0.1, -0.05) is 24.4 Å². The first-order chi connectivity index (χ1) is 9.97. The van der Waals surface area contributed by atoms with Crippen molar-refractivity contribution in [1.82, 2.24) is 4.72 Å². The van der Waals surface area contributed by atoms with Crippen LogP contribution in [0.5, 0.6) is 0 Å². The van der Waals surface area contributed by atoms with E-state index in [9.17, 15) is 8.42 Å². The molecule has 7 heteroatoms. The Hall–Kier alpha value is -1.02. The van der Waals surface area contributed by atoms with Crippen molar-refractivity contribution >= 4 is 27.2 Å². The highest BCUT2D eigenvalue weighted by molar-refractivity contribution is 7.89. The van der Waals surface area contributed by atoms with Crippen molar-refractivity contribution in [2.45, 2.75) is 36.3 Å². The van der Waals surface area contributed by atoms with Crippen LogP contribution >= 0.6 is 12.2 Å². The topological polar surface area (TPSA) is 81.4 Å². The molecule has 2 fully saturated rings. The number of nitrogens with one attached hydrogen (secondary N) is 1. The average Bonchev–Trinajstić information content (AvgIpc) is 3.19. The molecule has 3 rings (SSSR count). The number of benzene rings is 1. The fourth-order valence-electron chi connectivity index (χ4n) is 2.71. The zero-order valence-electron chi connectivity index (χ0n) is 11.5. The molecule has 1 saturated heterocycles. The predicted octanol–water partition coefficient (Wildman–Crippen LogP) is 1.17. The van der Waals surface area contributed by atoms with Gasteiger partial charge < -0.3 is 10.5 Å². The summed E-state index contributed by atoms with van der Waals surface area (Å²) < 4.78 is 33.4. The van der Waals surface area contributed by atoms with Gasteiger partial charge in [-0.25, -0.2) is 13.1 Å². The molecule has 0 spiro atoms. The molecule has 3 N–H and O–H groups in total. The lowest BCUT2D eigenvalue weighted by atomic mass is 10.1. The van der Waals surface area contributed by atoms with Gasteiger partial charge in [0.1, 0.15) is 4.99 Å². The maximum absolute atomic E-state index is 12.5. The van der Waals surface area contributed by atoms with Gasteiger partial charge in [-0.05, 0) is 37.3 Å². The Morgan fingerprint density at radius 1 is 1.33 bits per heavy atom. The van der Waals surface area contributed by atoms with Gasteiger partial charge in [0.2, 0.25) is 10.0 Å². The van der Waals surface area contributed by atoms with Crippen molar-refractivity contribution in [3.05, 3.63) is 29.8 Å². The van der Waals surface area contributed by atoms with Gasteiger partial charge in [-0.15, -0.1) is 0 Å². The fraction of sp³-hybridized carbons (Fsp3) is 0.500. The van der Waals surface area contributed by atoms with E-state index in [0.29, 0.717) is 18.1 Å². The van der Waals surface area contributed by atoms with Crippen molar-refractivity contribution in [1.29, 1.82) is 0 Å². The molecule has 21 heavy (non-hydrogen) atoms. The number of hydrogen-bond acceptors (Lipinski definition) is 4. The minimum atomic E-state index is -3.58. The highest BCUT2D eigenvalue weighted by Gasteiger charge is 2.42.